The number of hydrogen-bond donors (Lipinski definition) is 1. The second-order valence-corrected chi connectivity index (χ2v) is 4.37. The number of pyridine rings is 1. The van der Waals surface area contributed by atoms with E-state index in [1.54, 1.807) is 0 Å². The quantitative estimate of drug-likeness (QED) is 0.783. The van der Waals surface area contributed by atoms with E-state index in [0.717, 1.165) is 18.5 Å². The minimum absolute atomic E-state index is 0.300. The smallest absolute Gasteiger partial charge is 0.0702 e. The Kier molecular flexibility index (Phi) is 2.22. The third-order valence-corrected chi connectivity index (χ3v) is 3.13. The van der Waals surface area contributed by atoms with Gasteiger partial charge in [0.05, 0.1) is 5.69 Å². The summed E-state index contributed by atoms with van der Waals surface area (Å²) in [5.41, 5.74) is 11.0. The van der Waals surface area contributed by atoms with Crippen molar-refractivity contribution in [3.05, 3.63) is 53.7 Å². The Bertz CT molecular complexity index is 505. The lowest BCUT2D eigenvalue weighted by molar-refractivity contribution is 0.721. The molecule has 2 nitrogen and oxygen atoms in total. The molecule has 80 valence electrons. The predicted octanol–water partition coefficient (Wildman–Crippen LogP) is 2.17. The minimum Gasteiger partial charge on any atom is -0.327 e. The average molecular weight is 210 g/mol. The van der Waals surface area contributed by atoms with E-state index in [1.165, 1.54) is 16.7 Å². The van der Waals surface area contributed by atoms with Gasteiger partial charge in [0, 0.05) is 17.8 Å². The van der Waals surface area contributed by atoms with Crippen LogP contribution in [0.3, 0.4) is 0 Å². The van der Waals surface area contributed by atoms with Gasteiger partial charge in [0.1, 0.15) is 0 Å². The minimum atomic E-state index is 0.300. The molecule has 1 aromatic carbocycles. The van der Waals surface area contributed by atoms with Crippen LogP contribution in [0, 0.1) is 0 Å². The highest BCUT2D eigenvalue weighted by molar-refractivity contribution is 5.61. The van der Waals surface area contributed by atoms with E-state index in [9.17, 15) is 0 Å². The maximum absolute atomic E-state index is 5.96. The molecule has 16 heavy (non-hydrogen) atoms. The Balaban J connectivity index is 2.03. The van der Waals surface area contributed by atoms with Crippen LogP contribution in [-0.2, 0) is 12.8 Å². The molecular weight excluding hydrogens is 196 g/mol. The van der Waals surface area contributed by atoms with Gasteiger partial charge in [-0.25, -0.2) is 0 Å². The zero-order chi connectivity index (χ0) is 11.0. The van der Waals surface area contributed by atoms with E-state index in [-0.39, 0.29) is 0 Å². The maximum atomic E-state index is 5.96. The van der Waals surface area contributed by atoms with Crippen LogP contribution in [0.25, 0.3) is 11.3 Å². The summed E-state index contributed by atoms with van der Waals surface area (Å²) in [7, 11) is 0. The van der Waals surface area contributed by atoms with Crippen LogP contribution in [0.1, 0.15) is 11.1 Å². The van der Waals surface area contributed by atoms with Crippen molar-refractivity contribution in [2.45, 2.75) is 18.9 Å². The molecule has 0 bridgehead atoms. The van der Waals surface area contributed by atoms with Crippen LogP contribution in [0.5, 0.6) is 0 Å². The summed E-state index contributed by atoms with van der Waals surface area (Å²) < 4.78 is 0. The Hall–Kier alpha value is -1.67. The van der Waals surface area contributed by atoms with E-state index < -0.39 is 0 Å². The van der Waals surface area contributed by atoms with Gasteiger partial charge < -0.3 is 5.73 Å². The van der Waals surface area contributed by atoms with E-state index in [1.807, 2.05) is 24.4 Å². The summed E-state index contributed by atoms with van der Waals surface area (Å²) in [5.74, 6) is 0. The summed E-state index contributed by atoms with van der Waals surface area (Å²) in [5, 5.41) is 0. The SMILES string of the molecule is NC1Cc2ccc(-c3ccccn3)cc2C1. The monoisotopic (exact) mass is 210 g/mol. The molecule has 1 aliphatic carbocycles. The third-order valence-electron chi connectivity index (χ3n) is 3.13. The van der Waals surface area contributed by atoms with Gasteiger partial charge in [-0.15, -0.1) is 0 Å². The second kappa shape index (κ2) is 3.72. The molecule has 2 aromatic rings. The van der Waals surface area contributed by atoms with Crippen molar-refractivity contribution in [1.82, 2.24) is 4.98 Å². The molecule has 1 unspecified atom stereocenters. The first kappa shape index (κ1) is 9.55. The van der Waals surface area contributed by atoms with Crippen molar-refractivity contribution in [3.63, 3.8) is 0 Å². The highest BCUT2D eigenvalue weighted by Gasteiger charge is 2.18. The molecule has 1 heterocycles. The third kappa shape index (κ3) is 1.61. The van der Waals surface area contributed by atoms with Crippen molar-refractivity contribution in [3.8, 4) is 11.3 Å². The largest absolute Gasteiger partial charge is 0.327 e. The van der Waals surface area contributed by atoms with Crippen molar-refractivity contribution >= 4 is 0 Å². The number of rotatable bonds is 1. The molecule has 0 amide bonds. The fraction of sp³-hybridized carbons (Fsp3) is 0.214. The lowest BCUT2D eigenvalue weighted by atomic mass is 10.0. The van der Waals surface area contributed by atoms with Gasteiger partial charge in [-0.3, -0.25) is 4.98 Å². The standard InChI is InChI=1S/C14H14N2/c15-13-8-10-4-5-11(7-12(10)9-13)14-3-1-2-6-16-14/h1-7,13H,8-9,15H2. The predicted molar refractivity (Wildman–Crippen MR) is 65.1 cm³/mol. The fourth-order valence-electron chi connectivity index (χ4n) is 2.35. The van der Waals surface area contributed by atoms with Crippen molar-refractivity contribution < 1.29 is 0 Å². The Morgan fingerprint density at radius 3 is 2.75 bits per heavy atom. The number of hydrogen-bond acceptors (Lipinski definition) is 2. The van der Waals surface area contributed by atoms with Gasteiger partial charge in [-0.05, 0) is 42.2 Å². The van der Waals surface area contributed by atoms with Crippen LogP contribution < -0.4 is 5.73 Å². The first-order valence-corrected chi connectivity index (χ1v) is 5.62. The molecule has 1 atom stereocenters. The van der Waals surface area contributed by atoms with Crippen LogP contribution >= 0.6 is 0 Å². The molecule has 1 aliphatic rings. The Morgan fingerprint density at radius 1 is 1.06 bits per heavy atom. The lowest BCUT2D eigenvalue weighted by Crippen LogP contribution is -2.18. The Morgan fingerprint density at radius 2 is 1.94 bits per heavy atom. The van der Waals surface area contributed by atoms with E-state index >= 15 is 0 Å². The summed E-state index contributed by atoms with van der Waals surface area (Å²) in [6.45, 7) is 0. The number of nitrogens with zero attached hydrogens (tertiary/aromatic N) is 1. The van der Waals surface area contributed by atoms with Crippen LogP contribution in [-0.4, -0.2) is 11.0 Å². The van der Waals surface area contributed by atoms with Crippen molar-refractivity contribution in [1.29, 1.82) is 0 Å². The zero-order valence-electron chi connectivity index (χ0n) is 9.06. The average Bonchev–Trinajstić information content (AvgIpc) is 2.69. The van der Waals surface area contributed by atoms with Gasteiger partial charge in [-0.1, -0.05) is 18.2 Å². The number of benzene rings is 1. The summed E-state index contributed by atoms with van der Waals surface area (Å²) in [4.78, 5) is 4.36. The number of fused-ring (bicyclic) bond motifs is 1. The molecule has 0 radical (unpaired) electrons. The molecule has 1 aromatic heterocycles. The fourth-order valence-corrected chi connectivity index (χ4v) is 2.35. The van der Waals surface area contributed by atoms with Gasteiger partial charge in [0.25, 0.3) is 0 Å². The van der Waals surface area contributed by atoms with Gasteiger partial charge in [0.2, 0.25) is 0 Å². The van der Waals surface area contributed by atoms with Gasteiger partial charge in [0.15, 0.2) is 0 Å². The van der Waals surface area contributed by atoms with Crippen LogP contribution in [0.4, 0.5) is 0 Å². The van der Waals surface area contributed by atoms with Gasteiger partial charge in [-0.2, -0.15) is 0 Å². The molecule has 0 spiro atoms. The highest BCUT2D eigenvalue weighted by atomic mass is 14.7. The van der Waals surface area contributed by atoms with Crippen LogP contribution in [0.2, 0.25) is 0 Å². The second-order valence-electron chi connectivity index (χ2n) is 4.37. The van der Waals surface area contributed by atoms with E-state index in [0.29, 0.717) is 6.04 Å². The molecule has 3 rings (SSSR count). The maximum Gasteiger partial charge on any atom is 0.0702 e. The summed E-state index contributed by atoms with van der Waals surface area (Å²) in [6.07, 6.45) is 3.84. The van der Waals surface area contributed by atoms with Crippen molar-refractivity contribution in [2.24, 2.45) is 5.73 Å². The first-order valence-electron chi connectivity index (χ1n) is 5.62. The van der Waals surface area contributed by atoms with Gasteiger partial charge >= 0.3 is 0 Å². The number of nitrogens with two attached hydrogens (primary N) is 1. The molecule has 2 N–H and O–H groups in total. The molecule has 0 aliphatic heterocycles. The normalized spacial score (nSPS) is 18.4. The highest BCUT2D eigenvalue weighted by Crippen LogP contribution is 2.26. The zero-order valence-corrected chi connectivity index (χ0v) is 9.06. The molecule has 0 saturated heterocycles. The molecule has 0 fully saturated rings. The topological polar surface area (TPSA) is 38.9 Å². The number of aromatic nitrogens is 1. The molecule has 0 saturated carbocycles. The van der Waals surface area contributed by atoms with E-state index in [2.05, 4.69) is 23.2 Å². The van der Waals surface area contributed by atoms with Crippen molar-refractivity contribution in [2.75, 3.05) is 0 Å². The van der Waals surface area contributed by atoms with Crippen LogP contribution in [0.15, 0.2) is 42.6 Å². The first-order chi connectivity index (χ1) is 7.83. The molecule has 2 heteroatoms. The lowest BCUT2D eigenvalue weighted by Gasteiger charge is -2.03. The molecular formula is C14H14N2. The summed E-state index contributed by atoms with van der Waals surface area (Å²) in [6, 6.07) is 12.8. The summed E-state index contributed by atoms with van der Waals surface area (Å²) >= 11 is 0. The Labute approximate surface area is 95.1 Å². The van der Waals surface area contributed by atoms with E-state index in [4.69, 9.17) is 5.73 Å².